The van der Waals surface area contributed by atoms with E-state index in [-0.39, 0.29) is 11.6 Å². The lowest BCUT2D eigenvalue weighted by Crippen LogP contribution is -1.86. The molecule has 2 aromatic carbocycles. The average molecular weight is 343 g/mol. The molecule has 0 spiro atoms. The van der Waals surface area contributed by atoms with Crippen LogP contribution in [-0.4, -0.2) is 11.5 Å². The predicted molar refractivity (Wildman–Crippen MR) is 89.7 cm³/mol. The van der Waals surface area contributed by atoms with Crippen LogP contribution in [0.15, 0.2) is 56.0 Å². The smallest absolute Gasteiger partial charge is 0.138 e. The molecule has 112 valence electrons. The summed E-state index contributed by atoms with van der Waals surface area (Å²) in [5, 5.41) is 0. The van der Waals surface area contributed by atoms with Gasteiger partial charge in [0.05, 0.1) is 0 Å². The third-order valence-electron chi connectivity index (χ3n) is 2.65. The SMILES string of the molecule is CCSc1ccc(Sc2ccc(SCC)cc2F)c(F)c1. The maximum atomic E-state index is 14.0. The van der Waals surface area contributed by atoms with Gasteiger partial charge < -0.3 is 0 Å². The Hall–Kier alpha value is -0.650. The van der Waals surface area contributed by atoms with Gasteiger partial charge in [0.1, 0.15) is 11.6 Å². The molecule has 0 heterocycles. The van der Waals surface area contributed by atoms with E-state index in [1.165, 1.54) is 12.1 Å². The van der Waals surface area contributed by atoms with Crippen LogP contribution in [0, 0.1) is 11.6 Å². The number of rotatable bonds is 6. The van der Waals surface area contributed by atoms with Crippen LogP contribution < -0.4 is 0 Å². The van der Waals surface area contributed by atoms with Gasteiger partial charge in [0.2, 0.25) is 0 Å². The number of hydrogen-bond donors (Lipinski definition) is 0. The van der Waals surface area contributed by atoms with E-state index in [1.807, 2.05) is 26.0 Å². The maximum absolute atomic E-state index is 14.0. The van der Waals surface area contributed by atoms with Crippen molar-refractivity contribution in [3.8, 4) is 0 Å². The quantitative estimate of drug-likeness (QED) is 0.562. The van der Waals surface area contributed by atoms with E-state index in [9.17, 15) is 8.78 Å². The first-order valence-electron chi connectivity index (χ1n) is 6.66. The summed E-state index contributed by atoms with van der Waals surface area (Å²) < 4.78 is 28.1. The minimum absolute atomic E-state index is 0.301. The van der Waals surface area contributed by atoms with Crippen molar-refractivity contribution in [1.82, 2.24) is 0 Å². The van der Waals surface area contributed by atoms with Gasteiger partial charge in [0.15, 0.2) is 0 Å². The average Bonchev–Trinajstić information content (AvgIpc) is 2.45. The van der Waals surface area contributed by atoms with Crippen LogP contribution in [0.1, 0.15) is 13.8 Å². The van der Waals surface area contributed by atoms with Crippen LogP contribution in [0.3, 0.4) is 0 Å². The minimum atomic E-state index is -0.301. The largest absolute Gasteiger partial charge is 0.206 e. The molecule has 0 aliphatic carbocycles. The van der Waals surface area contributed by atoms with Crippen molar-refractivity contribution in [1.29, 1.82) is 0 Å². The van der Waals surface area contributed by atoms with Crippen molar-refractivity contribution in [3.63, 3.8) is 0 Å². The Morgan fingerprint density at radius 3 is 1.52 bits per heavy atom. The monoisotopic (exact) mass is 342 g/mol. The summed E-state index contributed by atoms with van der Waals surface area (Å²) in [5.74, 6) is 1.20. The number of thioether (sulfide) groups is 2. The highest BCUT2D eigenvalue weighted by Gasteiger charge is 2.10. The zero-order chi connectivity index (χ0) is 15.2. The molecule has 0 unspecified atom stereocenters. The normalized spacial score (nSPS) is 10.9. The highest BCUT2D eigenvalue weighted by Crippen LogP contribution is 2.34. The first kappa shape index (κ1) is 16.7. The fourth-order valence-corrected chi connectivity index (χ4v) is 3.95. The molecule has 0 aliphatic heterocycles. The predicted octanol–water partition coefficient (Wildman–Crippen LogP) is 6.34. The van der Waals surface area contributed by atoms with Gasteiger partial charge in [0.25, 0.3) is 0 Å². The Morgan fingerprint density at radius 1 is 0.762 bits per heavy atom. The number of halogens is 2. The zero-order valence-corrected chi connectivity index (χ0v) is 14.3. The fourth-order valence-electron chi connectivity index (χ4n) is 1.76. The van der Waals surface area contributed by atoms with E-state index < -0.39 is 0 Å². The lowest BCUT2D eigenvalue weighted by molar-refractivity contribution is 0.592. The molecule has 0 N–H and O–H groups in total. The fraction of sp³-hybridized carbons (Fsp3) is 0.250. The molecule has 0 atom stereocenters. The first-order valence-corrected chi connectivity index (χ1v) is 9.45. The Bertz CT molecular complexity index is 561. The summed E-state index contributed by atoms with van der Waals surface area (Å²) >= 11 is 4.30. The van der Waals surface area contributed by atoms with E-state index in [2.05, 4.69) is 0 Å². The third kappa shape index (κ3) is 4.66. The zero-order valence-electron chi connectivity index (χ0n) is 11.9. The second kappa shape index (κ2) is 8.11. The molecule has 0 saturated heterocycles. The maximum Gasteiger partial charge on any atom is 0.138 e. The summed E-state index contributed by atoms with van der Waals surface area (Å²) in [7, 11) is 0. The van der Waals surface area contributed by atoms with Gasteiger partial charge in [-0.15, -0.1) is 23.5 Å². The van der Waals surface area contributed by atoms with E-state index >= 15 is 0 Å². The van der Waals surface area contributed by atoms with Crippen LogP contribution >= 0.6 is 35.3 Å². The van der Waals surface area contributed by atoms with Crippen LogP contribution in [0.5, 0.6) is 0 Å². The van der Waals surface area contributed by atoms with Crippen molar-refractivity contribution < 1.29 is 8.78 Å². The molecule has 0 fully saturated rings. The van der Waals surface area contributed by atoms with Crippen LogP contribution in [0.25, 0.3) is 0 Å². The van der Waals surface area contributed by atoms with E-state index in [4.69, 9.17) is 0 Å². The Labute approximate surface area is 137 Å². The Kier molecular flexibility index (Phi) is 6.45. The molecule has 5 heteroatoms. The highest BCUT2D eigenvalue weighted by molar-refractivity contribution is 8.00. The first-order chi connectivity index (χ1) is 10.1. The molecule has 2 aromatic rings. The van der Waals surface area contributed by atoms with Crippen molar-refractivity contribution in [2.24, 2.45) is 0 Å². The van der Waals surface area contributed by atoms with Gasteiger partial charge in [-0.05, 0) is 47.9 Å². The standard InChI is InChI=1S/C16H16F2S3/c1-3-19-11-5-7-15(13(17)9-11)21-16-8-6-12(20-4-2)10-14(16)18/h5-10H,3-4H2,1-2H3. The molecule has 0 aromatic heterocycles. The van der Waals surface area contributed by atoms with Gasteiger partial charge in [0, 0.05) is 19.6 Å². The summed E-state index contributed by atoms with van der Waals surface area (Å²) in [6.07, 6.45) is 0. The molecular formula is C16H16F2S3. The number of hydrogen-bond acceptors (Lipinski definition) is 3. The van der Waals surface area contributed by atoms with Crippen LogP contribution in [0.2, 0.25) is 0 Å². The molecule has 0 nitrogen and oxygen atoms in total. The van der Waals surface area contributed by atoms with Gasteiger partial charge in [-0.3, -0.25) is 0 Å². The van der Waals surface area contributed by atoms with E-state index in [1.54, 1.807) is 35.7 Å². The molecule has 0 bridgehead atoms. The second-order valence-corrected chi connectivity index (χ2v) is 7.91. The second-order valence-electron chi connectivity index (χ2n) is 4.15. The Balaban J connectivity index is 2.18. The van der Waals surface area contributed by atoms with Crippen molar-refractivity contribution in [2.75, 3.05) is 11.5 Å². The number of benzene rings is 2. The molecule has 0 aliphatic rings. The van der Waals surface area contributed by atoms with E-state index in [0.29, 0.717) is 9.79 Å². The third-order valence-corrected chi connectivity index (χ3v) is 5.50. The van der Waals surface area contributed by atoms with Crippen molar-refractivity contribution >= 4 is 35.3 Å². The van der Waals surface area contributed by atoms with Gasteiger partial charge in [-0.1, -0.05) is 25.6 Å². The van der Waals surface area contributed by atoms with Crippen molar-refractivity contribution in [2.45, 2.75) is 33.4 Å². The van der Waals surface area contributed by atoms with Crippen LogP contribution in [-0.2, 0) is 0 Å². The molecule has 0 amide bonds. The molecule has 0 radical (unpaired) electrons. The molecule has 21 heavy (non-hydrogen) atoms. The molecule has 2 rings (SSSR count). The van der Waals surface area contributed by atoms with Gasteiger partial charge >= 0.3 is 0 Å². The van der Waals surface area contributed by atoms with Crippen LogP contribution in [0.4, 0.5) is 8.78 Å². The molecule has 0 saturated carbocycles. The highest BCUT2D eigenvalue weighted by atomic mass is 32.2. The summed E-state index contributed by atoms with van der Waals surface area (Å²) in [4.78, 5) is 2.69. The lowest BCUT2D eigenvalue weighted by Gasteiger charge is -2.07. The van der Waals surface area contributed by atoms with E-state index in [0.717, 1.165) is 33.1 Å². The summed E-state index contributed by atoms with van der Waals surface area (Å²) in [5.41, 5.74) is 0. The molecular weight excluding hydrogens is 326 g/mol. The lowest BCUT2D eigenvalue weighted by atomic mass is 10.3. The van der Waals surface area contributed by atoms with Gasteiger partial charge in [-0.2, -0.15) is 0 Å². The minimum Gasteiger partial charge on any atom is -0.206 e. The summed E-state index contributed by atoms with van der Waals surface area (Å²) in [6, 6.07) is 10.2. The Morgan fingerprint density at radius 2 is 1.19 bits per heavy atom. The van der Waals surface area contributed by atoms with Crippen molar-refractivity contribution in [3.05, 3.63) is 48.0 Å². The summed E-state index contributed by atoms with van der Waals surface area (Å²) in [6.45, 7) is 4.05. The topological polar surface area (TPSA) is 0 Å². The van der Waals surface area contributed by atoms with Gasteiger partial charge in [-0.25, -0.2) is 8.78 Å².